The summed E-state index contributed by atoms with van der Waals surface area (Å²) >= 11 is 0. The minimum atomic E-state index is -0.750. The van der Waals surface area contributed by atoms with Crippen molar-refractivity contribution in [1.29, 1.82) is 0 Å². The number of hydrogen-bond donors (Lipinski definition) is 4. The number of aliphatic hydroxyl groups excluding tert-OH is 1. The van der Waals surface area contributed by atoms with E-state index in [1.54, 1.807) is 25.1 Å². The molecule has 2 heterocycles. The molecule has 0 saturated heterocycles. The second-order valence-corrected chi connectivity index (χ2v) is 5.85. The number of aromatic hydroxyl groups is 1. The van der Waals surface area contributed by atoms with Crippen molar-refractivity contribution >= 4 is 23.3 Å². The van der Waals surface area contributed by atoms with E-state index >= 15 is 0 Å². The van der Waals surface area contributed by atoms with Gasteiger partial charge in [0.1, 0.15) is 5.75 Å². The van der Waals surface area contributed by atoms with E-state index in [0.29, 0.717) is 5.56 Å². The summed E-state index contributed by atoms with van der Waals surface area (Å²) in [6, 6.07) is 6.49. The number of imidazole rings is 1. The highest BCUT2D eigenvalue weighted by Gasteiger charge is 2.18. The standard InChI is InChI=1S/C16H18N6O4/c1-9(23)8-22-12-13(21(2)16(26)19-14(12)25)18-15(22)20-17-7-10-4-3-5-11(24)6-10/h3-7,9,23-24H,8H2,1-2H3,(H,18,20)(H,19,25,26)/b17-7-/t9-/m0/s1. The molecule has 10 nitrogen and oxygen atoms in total. The average Bonchev–Trinajstić information content (AvgIpc) is 2.91. The monoisotopic (exact) mass is 358 g/mol. The fourth-order valence-electron chi connectivity index (χ4n) is 2.53. The molecule has 0 spiro atoms. The molecule has 0 fully saturated rings. The lowest BCUT2D eigenvalue weighted by molar-refractivity contribution is 0.175. The van der Waals surface area contributed by atoms with Gasteiger partial charge in [0.25, 0.3) is 5.56 Å². The van der Waals surface area contributed by atoms with Crippen molar-refractivity contribution in [2.24, 2.45) is 12.1 Å². The molecule has 1 aromatic carbocycles. The van der Waals surface area contributed by atoms with Gasteiger partial charge in [-0.2, -0.15) is 10.1 Å². The molecule has 2 aromatic heterocycles. The largest absolute Gasteiger partial charge is 0.508 e. The number of aryl methyl sites for hydroxylation is 1. The fourth-order valence-corrected chi connectivity index (χ4v) is 2.53. The lowest BCUT2D eigenvalue weighted by Gasteiger charge is -2.09. The Morgan fingerprint density at radius 2 is 2.19 bits per heavy atom. The van der Waals surface area contributed by atoms with Gasteiger partial charge in [0.15, 0.2) is 11.2 Å². The number of rotatable bonds is 5. The molecule has 0 aliphatic rings. The number of H-pyrrole nitrogens is 1. The molecule has 10 heteroatoms. The number of hydrogen-bond acceptors (Lipinski definition) is 7. The highest BCUT2D eigenvalue weighted by Crippen LogP contribution is 2.16. The normalized spacial score (nSPS) is 12.7. The zero-order chi connectivity index (χ0) is 18.8. The Morgan fingerprint density at radius 3 is 2.88 bits per heavy atom. The molecule has 0 aliphatic carbocycles. The SMILES string of the molecule is C[C@H](O)Cn1c(N/N=C\c2cccc(O)c2)nc2c1c(=O)[nH]c(=O)n2C. The third-order valence-corrected chi connectivity index (χ3v) is 3.70. The Morgan fingerprint density at radius 1 is 1.42 bits per heavy atom. The molecule has 3 aromatic rings. The minimum Gasteiger partial charge on any atom is -0.508 e. The third kappa shape index (κ3) is 3.35. The van der Waals surface area contributed by atoms with Gasteiger partial charge in [0.05, 0.1) is 18.9 Å². The summed E-state index contributed by atoms with van der Waals surface area (Å²) in [7, 11) is 1.49. The van der Waals surface area contributed by atoms with E-state index < -0.39 is 17.4 Å². The molecule has 0 radical (unpaired) electrons. The number of nitrogens with one attached hydrogen (secondary N) is 2. The third-order valence-electron chi connectivity index (χ3n) is 3.70. The van der Waals surface area contributed by atoms with Gasteiger partial charge < -0.3 is 14.8 Å². The molecule has 0 saturated carbocycles. The van der Waals surface area contributed by atoms with Gasteiger partial charge >= 0.3 is 5.69 Å². The van der Waals surface area contributed by atoms with Gasteiger partial charge in [0, 0.05) is 7.05 Å². The fraction of sp³-hybridized carbons (Fsp3) is 0.250. The molecule has 26 heavy (non-hydrogen) atoms. The van der Waals surface area contributed by atoms with E-state index in [-0.39, 0.29) is 29.4 Å². The zero-order valence-corrected chi connectivity index (χ0v) is 14.2. The summed E-state index contributed by atoms with van der Waals surface area (Å²) in [5, 5.41) is 23.2. The molecule has 3 rings (SSSR count). The van der Waals surface area contributed by atoms with Crippen LogP contribution in [-0.2, 0) is 13.6 Å². The van der Waals surface area contributed by atoms with Crippen molar-refractivity contribution < 1.29 is 10.2 Å². The van der Waals surface area contributed by atoms with E-state index in [1.807, 2.05) is 0 Å². The summed E-state index contributed by atoms with van der Waals surface area (Å²) in [6.07, 6.45) is 0.717. The molecule has 0 unspecified atom stereocenters. The van der Waals surface area contributed by atoms with Crippen LogP contribution in [0.1, 0.15) is 12.5 Å². The van der Waals surface area contributed by atoms with Crippen LogP contribution in [0.2, 0.25) is 0 Å². The number of aliphatic hydroxyl groups is 1. The Labute approximate surface area is 147 Å². The molecule has 0 aliphatic heterocycles. The van der Waals surface area contributed by atoms with Crippen LogP contribution in [0.15, 0.2) is 39.0 Å². The van der Waals surface area contributed by atoms with Gasteiger partial charge in [-0.3, -0.25) is 14.3 Å². The van der Waals surface area contributed by atoms with Crippen LogP contribution in [0.4, 0.5) is 5.95 Å². The van der Waals surface area contributed by atoms with Gasteiger partial charge in [0.2, 0.25) is 5.95 Å². The zero-order valence-electron chi connectivity index (χ0n) is 14.2. The quantitative estimate of drug-likeness (QED) is 0.373. The van der Waals surface area contributed by atoms with Crippen LogP contribution in [0.3, 0.4) is 0 Å². The van der Waals surface area contributed by atoms with E-state index in [1.165, 1.54) is 28.5 Å². The number of anilines is 1. The van der Waals surface area contributed by atoms with Crippen LogP contribution in [-0.4, -0.2) is 41.6 Å². The Balaban J connectivity index is 2.04. The maximum atomic E-state index is 12.2. The lowest BCUT2D eigenvalue weighted by Crippen LogP contribution is -2.29. The molecule has 0 amide bonds. The first kappa shape index (κ1) is 17.4. The molecule has 136 valence electrons. The van der Waals surface area contributed by atoms with Crippen molar-refractivity contribution in [1.82, 2.24) is 19.1 Å². The number of benzene rings is 1. The second kappa shape index (κ2) is 6.84. The topological polar surface area (TPSA) is 138 Å². The number of phenols is 1. The number of aromatic nitrogens is 4. The molecule has 1 atom stereocenters. The van der Waals surface area contributed by atoms with Crippen molar-refractivity contribution in [3.8, 4) is 5.75 Å². The van der Waals surface area contributed by atoms with Gasteiger partial charge in [-0.25, -0.2) is 10.2 Å². The van der Waals surface area contributed by atoms with Crippen LogP contribution in [0, 0.1) is 0 Å². The van der Waals surface area contributed by atoms with Crippen molar-refractivity contribution in [3.05, 3.63) is 50.7 Å². The molecular formula is C16H18N6O4. The summed E-state index contributed by atoms with van der Waals surface area (Å²) in [5.41, 5.74) is 2.51. The predicted octanol–water partition coefficient (Wildman–Crippen LogP) is -0.0443. The summed E-state index contributed by atoms with van der Waals surface area (Å²) in [6.45, 7) is 1.66. The smallest absolute Gasteiger partial charge is 0.329 e. The van der Waals surface area contributed by atoms with Gasteiger partial charge in [-0.05, 0) is 24.6 Å². The maximum Gasteiger partial charge on any atom is 0.329 e. The first-order valence-corrected chi connectivity index (χ1v) is 7.82. The molecule has 4 N–H and O–H groups in total. The minimum absolute atomic E-state index is 0.0851. The maximum absolute atomic E-state index is 12.2. The molecule has 0 bridgehead atoms. The van der Waals surface area contributed by atoms with Gasteiger partial charge in [-0.15, -0.1) is 0 Å². The Bertz CT molecular complexity index is 1090. The number of nitrogens with zero attached hydrogens (tertiary/aromatic N) is 4. The number of fused-ring (bicyclic) bond motifs is 1. The number of phenolic OH excluding ortho intramolecular Hbond substituents is 1. The lowest BCUT2D eigenvalue weighted by atomic mass is 10.2. The van der Waals surface area contributed by atoms with E-state index in [9.17, 15) is 19.8 Å². The second-order valence-electron chi connectivity index (χ2n) is 5.85. The Hall–Kier alpha value is -3.40. The van der Waals surface area contributed by atoms with E-state index in [0.717, 1.165) is 0 Å². The van der Waals surface area contributed by atoms with E-state index in [2.05, 4.69) is 20.5 Å². The van der Waals surface area contributed by atoms with Crippen LogP contribution in [0.25, 0.3) is 11.2 Å². The highest BCUT2D eigenvalue weighted by atomic mass is 16.3. The average molecular weight is 358 g/mol. The summed E-state index contributed by atoms with van der Waals surface area (Å²) in [4.78, 5) is 30.4. The van der Waals surface area contributed by atoms with Crippen molar-refractivity contribution in [2.45, 2.75) is 19.6 Å². The van der Waals surface area contributed by atoms with Crippen LogP contribution < -0.4 is 16.7 Å². The number of hydrazone groups is 1. The molecular weight excluding hydrogens is 340 g/mol. The highest BCUT2D eigenvalue weighted by molar-refractivity contribution is 5.81. The Kier molecular flexibility index (Phi) is 4.59. The number of aromatic amines is 1. The van der Waals surface area contributed by atoms with Crippen LogP contribution in [0.5, 0.6) is 5.75 Å². The first-order valence-electron chi connectivity index (χ1n) is 7.82. The first-order chi connectivity index (χ1) is 12.4. The summed E-state index contributed by atoms with van der Waals surface area (Å²) < 4.78 is 2.66. The van der Waals surface area contributed by atoms with E-state index in [4.69, 9.17) is 0 Å². The predicted molar refractivity (Wildman–Crippen MR) is 96.6 cm³/mol. The van der Waals surface area contributed by atoms with Crippen molar-refractivity contribution in [2.75, 3.05) is 5.43 Å². The van der Waals surface area contributed by atoms with Crippen LogP contribution >= 0.6 is 0 Å². The van der Waals surface area contributed by atoms with Crippen molar-refractivity contribution in [3.63, 3.8) is 0 Å². The van der Waals surface area contributed by atoms with Gasteiger partial charge in [-0.1, -0.05) is 12.1 Å². The summed E-state index contributed by atoms with van der Waals surface area (Å²) in [5.74, 6) is 0.306.